The third-order valence-corrected chi connectivity index (χ3v) is 2.99. The molecule has 0 bridgehead atoms. The lowest BCUT2D eigenvalue weighted by Crippen LogP contribution is -2.13. The number of fused-ring (bicyclic) bond motifs is 1. The highest BCUT2D eigenvalue weighted by atomic mass is 16.6. The number of nitro groups is 1. The summed E-state index contributed by atoms with van der Waals surface area (Å²) < 4.78 is 0. The summed E-state index contributed by atoms with van der Waals surface area (Å²) >= 11 is 0. The number of nitrogens with zero attached hydrogens (tertiary/aromatic N) is 1. The zero-order valence-corrected chi connectivity index (χ0v) is 9.31. The Hall–Kier alpha value is -1.90. The van der Waals surface area contributed by atoms with Crippen molar-refractivity contribution in [3.8, 4) is 0 Å². The first-order valence-electron chi connectivity index (χ1n) is 5.15. The molecule has 82 valence electrons. The van der Waals surface area contributed by atoms with Gasteiger partial charge in [-0.1, -0.05) is 30.3 Å². The van der Waals surface area contributed by atoms with Crippen LogP contribution in [-0.2, 0) is 5.41 Å². The average molecular weight is 215 g/mol. The largest absolute Gasteiger partial charge is 0.259 e. The van der Waals surface area contributed by atoms with Crippen molar-refractivity contribution in [1.29, 1.82) is 0 Å². The van der Waals surface area contributed by atoms with Gasteiger partial charge in [0.2, 0.25) is 6.20 Å². The zero-order valence-electron chi connectivity index (χ0n) is 9.31. The number of allylic oxidation sites excluding steroid dienone is 3. The van der Waals surface area contributed by atoms with Crippen LogP contribution in [-0.4, -0.2) is 4.92 Å². The first-order chi connectivity index (χ1) is 7.53. The number of rotatable bonds is 2. The van der Waals surface area contributed by atoms with Crippen LogP contribution in [0.3, 0.4) is 0 Å². The zero-order chi connectivity index (χ0) is 11.8. The molecule has 0 spiro atoms. The Morgan fingerprint density at radius 1 is 1.38 bits per heavy atom. The molecule has 1 unspecified atom stereocenters. The molecule has 0 aliphatic heterocycles. The van der Waals surface area contributed by atoms with Crippen molar-refractivity contribution in [2.45, 2.75) is 19.3 Å². The van der Waals surface area contributed by atoms with Crippen LogP contribution in [0.5, 0.6) is 0 Å². The van der Waals surface area contributed by atoms with Crippen LogP contribution in [0.2, 0.25) is 0 Å². The van der Waals surface area contributed by atoms with Crippen LogP contribution < -0.4 is 0 Å². The Morgan fingerprint density at radius 3 is 2.75 bits per heavy atom. The molecule has 3 heteroatoms. The highest BCUT2D eigenvalue weighted by Crippen LogP contribution is 2.40. The maximum atomic E-state index is 10.4. The Balaban J connectivity index is 2.49. The van der Waals surface area contributed by atoms with E-state index in [1.807, 2.05) is 38.1 Å². The summed E-state index contributed by atoms with van der Waals surface area (Å²) in [6.07, 6.45) is 4.73. The van der Waals surface area contributed by atoms with E-state index in [4.69, 9.17) is 0 Å². The monoisotopic (exact) mass is 215 g/mol. The maximum absolute atomic E-state index is 10.4. The van der Waals surface area contributed by atoms with E-state index in [1.54, 1.807) is 6.08 Å². The molecule has 1 aromatic carbocycles. The van der Waals surface area contributed by atoms with Gasteiger partial charge in [0.1, 0.15) is 0 Å². The van der Waals surface area contributed by atoms with Crippen molar-refractivity contribution < 1.29 is 4.92 Å². The Morgan fingerprint density at radius 2 is 2.06 bits per heavy atom. The molecule has 16 heavy (non-hydrogen) atoms. The van der Waals surface area contributed by atoms with E-state index in [0.29, 0.717) is 0 Å². The average Bonchev–Trinajstić information content (AvgIpc) is 2.51. The van der Waals surface area contributed by atoms with Gasteiger partial charge in [0.15, 0.2) is 0 Å². The van der Waals surface area contributed by atoms with E-state index in [2.05, 4.69) is 6.08 Å². The van der Waals surface area contributed by atoms with Crippen molar-refractivity contribution in [1.82, 2.24) is 0 Å². The minimum Gasteiger partial charge on any atom is -0.259 e. The fraction of sp³-hybridized carbons (Fsp3) is 0.231. The smallest absolute Gasteiger partial charge is 0.231 e. The van der Waals surface area contributed by atoms with Gasteiger partial charge < -0.3 is 0 Å². The lowest BCUT2D eigenvalue weighted by molar-refractivity contribution is -0.402. The normalized spacial score (nSPS) is 23.2. The van der Waals surface area contributed by atoms with Gasteiger partial charge in [0.25, 0.3) is 0 Å². The molecule has 1 atom stereocenters. The topological polar surface area (TPSA) is 43.1 Å². The number of hydrogen-bond donors (Lipinski definition) is 0. The van der Waals surface area contributed by atoms with Crippen LogP contribution in [0.1, 0.15) is 25.0 Å². The molecule has 0 saturated heterocycles. The SMILES string of the molecule is CC1=CC(C)(/C=C/[N+](=O)[O-])c2ccccc21. The number of hydrogen-bond acceptors (Lipinski definition) is 2. The highest BCUT2D eigenvalue weighted by molar-refractivity contribution is 5.76. The van der Waals surface area contributed by atoms with E-state index in [-0.39, 0.29) is 5.41 Å². The third kappa shape index (κ3) is 1.65. The van der Waals surface area contributed by atoms with E-state index in [9.17, 15) is 10.1 Å². The van der Waals surface area contributed by atoms with Crippen molar-refractivity contribution in [3.05, 3.63) is 63.9 Å². The van der Waals surface area contributed by atoms with E-state index >= 15 is 0 Å². The quantitative estimate of drug-likeness (QED) is 0.561. The van der Waals surface area contributed by atoms with Gasteiger partial charge in [-0.25, -0.2) is 0 Å². The van der Waals surface area contributed by atoms with Crippen LogP contribution in [0.25, 0.3) is 5.57 Å². The molecule has 2 rings (SSSR count). The van der Waals surface area contributed by atoms with Gasteiger partial charge >= 0.3 is 0 Å². The van der Waals surface area contributed by atoms with E-state index in [0.717, 1.165) is 11.8 Å². The van der Waals surface area contributed by atoms with Crippen molar-refractivity contribution >= 4 is 5.57 Å². The fourth-order valence-electron chi connectivity index (χ4n) is 2.26. The van der Waals surface area contributed by atoms with Crippen molar-refractivity contribution in [2.75, 3.05) is 0 Å². The predicted octanol–water partition coefficient (Wildman–Crippen LogP) is 3.15. The molecular weight excluding hydrogens is 202 g/mol. The lowest BCUT2D eigenvalue weighted by atomic mass is 9.85. The second-order valence-electron chi connectivity index (χ2n) is 4.26. The summed E-state index contributed by atoms with van der Waals surface area (Å²) in [5.41, 5.74) is 3.13. The van der Waals surface area contributed by atoms with Crippen LogP contribution in [0, 0.1) is 10.1 Å². The Kier molecular flexibility index (Phi) is 2.38. The highest BCUT2D eigenvalue weighted by Gasteiger charge is 2.30. The fourth-order valence-corrected chi connectivity index (χ4v) is 2.26. The minimum absolute atomic E-state index is 0.353. The van der Waals surface area contributed by atoms with Crippen LogP contribution in [0.4, 0.5) is 0 Å². The molecule has 0 N–H and O–H groups in total. The maximum Gasteiger partial charge on any atom is 0.231 e. The molecule has 3 nitrogen and oxygen atoms in total. The second kappa shape index (κ2) is 3.59. The molecule has 1 aliphatic carbocycles. The second-order valence-corrected chi connectivity index (χ2v) is 4.26. The van der Waals surface area contributed by atoms with Crippen LogP contribution >= 0.6 is 0 Å². The predicted molar refractivity (Wildman–Crippen MR) is 63.6 cm³/mol. The lowest BCUT2D eigenvalue weighted by Gasteiger charge is -2.17. The van der Waals surface area contributed by atoms with Gasteiger partial charge in [0, 0.05) is 5.41 Å². The summed E-state index contributed by atoms with van der Waals surface area (Å²) in [6, 6.07) is 8.02. The van der Waals surface area contributed by atoms with Gasteiger partial charge in [-0.2, -0.15) is 0 Å². The number of benzene rings is 1. The van der Waals surface area contributed by atoms with Gasteiger partial charge in [-0.3, -0.25) is 10.1 Å². The molecule has 0 amide bonds. The van der Waals surface area contributed by atoms with Gasteiger partial charge in [-0.15, -0.1) is 0 Å². The molecule has 0 aromatic heterocycles. The molecule has 1 aromatic rings. The standard InChI is InChI=1S/C13H13NO2/c1-10-9-13(2,7-8-14(15)16)12-6-4-3-5-11(10)12/h3-9H,1-2H3/b8-7+. The summed E-state index contributed by atoms with van der Waals surface area (Å²) in [6.45, 7) is 4.02. The Bertz CT molecular complexity index is 502. The van der Waals surface area contributed by atoms with Gasteiger partial charge in [0.05, 0.1) is 4.92 Å². The summed E-state index contributed by atoms with van der Waals surface area (Å²) in [4.78, 5) is 9.97. The molecule has 0 heterocycles. The first kappa shape index (κ1) is 10.6. The minimum atomic E-state index is -0.421. The molecule has 0 radical (unpaired) electrons. The van der Waals surface area contributed by atoms with Gasteiger partial charge in [-0.05, 0) is 36.6 Å². The summed E-state index contributed by atoms with van der Waals surface area (Å²) in [5, 5.41) is 10.4. The molecule has 1 aliphatic rings. The summed E-state index contributed by atoms with van der Waals surface area (Å²) in [7, 11) is 0. The van der Waals surface area contributed by atoms with Crippen LogP contribution in [0.15, 0.2) is 42.6 Å². The van der Waals surface area contributed by atoms with Crippen molar-refractivity contribution in [2.24, 2.45) is 0 Å². The third-order valence-electron chi connectivity index (χ3n) is 2.99. The molecule has 0 fully saturated rings. The van der Waals surface area contributed by atoms with Crippen molar-refractivity contribution in [3.63, 3.8) is 0 Å². The molecular formula is C13H13NO2. The molecule has 0 saturated carbocycles. The van der Waals surface area contributed by atoms with E-state index in [1.165, 1.54) is 11.1 Å². The Labute approximate surface area is 94.3 Å². The van der Waals surface area contributed by atoms with E-state index < -0.39 is 4.92 Å². The summed E-state index contributed by atoms with van der Waals surface area (Å²) in [5.74, 6) is 0. The first-order valence-corrected chi connectivity index (χ1v) is 5.15.